The number of pyridine rings is 2. The summed E-state index contributed by atoms with van der Waals surface area (Å²) in [5.41, 5.74) is 3.69. The van der Waals surface area contributed by atoms with Crippen molar-refractivity contribution in [3.63, 3.8) is 0 Å². The first-order chi connectivity index (χ1) is 25.4. The normalized spacial score (nSPS) is 28.5. The van der Waals surface area contributed by atoms with Gasteiger partial charge in [-0.15, -0.1) is 13.2 Å². The summed E-state index contributed by atoms with van der Waals surface area (Å²) in [4.78, 5) is 13.7. The second-order valence-corrected chi connectivity index (χ2v) is 15.3. The maximum atomic E-state index is 11.2. The van der Waals surface area contributed by atoms with Gasteiger partial charge in [0.05, 0.1) is 37.5 Å². The fourth-order valence-corrected chi connectivity index (χ4v) is 8.89. The maximum Gasteiger partial charge on any atom is 0.394 e. The minimum absolute atomic E-state index is 0.178. The number of aromatic nitrogens is 2. The molecular formula is C40H50N4O8S. The molecule has 0 saturated carbocycles. The Morgan fingerprint density at radius 3 is 1.45 bits per heavy atom. The molecule has 6 aliphatic rings. The molecule has 2 aromatic heterocycles. The van der Waals surface area contributed by atoms with Gasteiger partial charge in [0, 0.05) is 48.3 Å². The molecule has 4 N–H and O–H groups in total. The van der Waals surface area contributed by atoms with Crippen LogP contribution in [0.1, 0.15) is 49.0 Å². The molecule has 10 rings (SSSR count). The summed E-state index contributed by atoms with van der Waals surface area (Å²) in [7, 11) is -1.34. The Balaban J connectivity index is 0.000000161. The van der Waals surface area contributed by atoms with Gasteiger partial charge in [-0.3, -0.25) is 28.9 Å². The molecule has 4 bridgehead atoms. The van der Waals surface area contributed by atoms with Crippen molar-refractivity contribution in [1.82, 2.24) is 19.8 Å². The predicted octanol–water partition coefficient (Wildman–Crippen LogP) is 5.69. The van der Waals surface area contributed by atoms with Gasteiger partial charge in [-0.25, -0.2) is 0 Å². The molecule has 6 fully saturated rings. The van der Waals surface area contributed by atoms with Crippen molar-refractivity contribution in [2.75, 3.05) is 40.4 Å². The van der Waals surface area contributed by atoms with E-state index in [4.69, 9.17) is 27.0 Å². The average Bonchev–Trinajstić information content (AvgIpc) is 3.19. The smallest absolute Gasteiger partial charge is 0.394 e. The van der Waals surface area contributed by atoms with Gasteiger partial charge >= 0.3 is 10.4 Å². The number of methoxy groups -OCH3 is 2. The minimum atomic E-state index is -4.67. The number of rotatable bonds is 8. The van der Waals surface area contributed by atoms with Gasteiger partial charge in [0.1, 0.15) is 11.5 Å². The molecule has 0 amide bonds. The first-order valence-corrected chi connectivity index (χ1v) is 19.5. The third kappa shape index (κ3) is 8.73. The number of ether oxygens (including phenoxy) is 2. The second-order valence-electron chi connectivity index (χ2n) is 14.4. The molecule has 4 aromatic rings. The Morgan fingerprint density at radius 1 is 0.736 bits per heavy atom. The van der Waals surface area contributed by atoms with Crippen molar-refractivity contribution in [1.29, 1.82) is 0 Å². The molecule has 0 aliphatic carbocycles. The van der Waals surface area contributed by atoms with Gasteiger partial charge in [0.25, 0.3) is 0 Å². The number of benzene rings is 2. The van der Waals surface area contributed by atoms with E-state index >= 15 is 0 Å². The van der Waals surface area contributed by atoms with Gasteiger partial charge in [0.2, 0.25) is 0 Å². The fourth-order valence-electron chi connectivity index (χ4n) is 8.89. The molecule has 6 aliphatic heterocycles. The third-order valence-corrected chi connectivity index (χ3v) is 11.6. The standard InChI is InChI=1S/2C20H24N2O2.H2O4S/c2*1-3-13-12-22-9-7-14(13)10-19(22)20(23)16-6-8-21-18-5-4-15(24-2)11-17(16)18;1-5(2,3)4/h2*3-6,8,11,13-14,19-20,23H,1,7,9-10,12H2,2H3;(H2,1,2,3,4)/t13-,14-,19+,20-;13-,14-,19-,20+;/m00./s1. The highest BCUT2D eigenvalue weighted by Gasteiger charge is 2.43. The Kier molecular flexibility index (Phi) is 12.1. The van der Waals surface area contributed by atoms with E-state index < -0.39 is 22.6 Å². The Morgan fingerprint density at radius 2 is 1.13 bits per heavy atom. The third-order valence-electron chi connectivity index (χ3n) is 11.6. The highest BCUT2D eigenvalue weighted by Crippen LogP contribution is 2.43. The molecule has 12 nitrogen and oxygen atoms in total. The van der Waals surface area contributed by atoms with Crippen LogP contribution in [0, 0.1) is 23.7 Å². The van der Waals surface area contributed by atoms with Gasteiger partial charge in [-0.2, -0.15) is 8.42 Å². The predicted molar refractivity (Wildman–Crippen MR) is 204 cm³/mol. The lowest BCUT2D eigenvalue weighted by Gasteiger charge is -2.50. The van der Waals surface area contributed by atoms with E-state index in [9.17, 15) is 10.2 Å². The quantitative estimate of drug-likeness (QED) is 0.129. The van der Waals surface area contributed by atoms with Gasteiger partial charge in [-0.1, -0.05) is 12.2 Å². The SMILES string of the molecule is C=C[C@H]1CN2CC[C@H]1C[C@@H]2[C@@H](O)c1ccnc2ccc(OC)cc12.C=C[C@H]1CN2CC[C@H]1C[C@H]2[C@H](O)c1ccnc2ccc(OC)cc12.O=S(=O)(O)O. The number of piperidine rings is 6. The van der Waals surface area contributed by atoms with Crippen molar-refractivity contribution in [2.45, 2.75) is 50.0 Å². The van der Waals surface area contributed by atoms with Crippen LogP contribution in [0.4, 0.5) is 0 Å². The van der Waals surface area contributed by atoms with Crippen LogP contribution in [0.15, 0.2) is 86.2 Å². The molecule has 284 valence electrons. The Labute approximate surface area is 311 Å². The van der Waals surface area contributed by atoms with Crippen LogP contribution >= 0.6 is 0 Å². The fraction of sp³-hybridized carbons (Fsp3) is 0.450. The first kappa shape index (κ1) is 38.8. The van der Waals surface area contributed by atoms with E-state index in [-0.39, 0.29) is 12.1 Å². The number of fused-ring (bicyclic) bond motifs is 8. The maximum absolute atomic E-state index is 11.2. The number of aliphatic hydroxyl groups excluding tert-OH is 2. The van der Waals surface area contributed by atoms with Crippen molar-refractivity contribution in [3.8, 4) is 11.5 Å². The molecule has 8 heterocycles. The number of nitrogens with zero attached hydrogens (tertiary/aromatic N) is 4. The van der Waals surface area contributed by atoms with E-state index in [2.05, 4.69) is 45.1 Å². The molecule has 2 aromatic carbocycles. The van der Waals surface area contributed by atoms with Crippen molar-refractivity contribution < 1.29 is 37.2 Å². The molecular weight excluding hydrogens is 697 g/mol. The molecule has 0 spiro atoms. The second kappa shape index (κ2) is 16.6. The van der Waals surface area contributed by atoms with Gasteiger partial charge in [-0.05, 0) is 122 Å². The average molecular weight is 747 g/mol. The van der Waals surface area contributed by atoms with Crippen LogP contribution in [0.5, 0.6) is 11.5 Å². The molecule has 53 heavy (non-hydrogen) atoms. The summed E-state index contributed by atoms with van der Waals surface area (Å²) < 4.78 is 42.3. The van der Waals surface area contributed by atoms with Crippen LogP contribution in [-0.2, 0) is 10.4 Å². The summed E-state index contributed by atoms with van der Waals surface area (Å²) in [5, 5.41) is 24.3. The first-order valence-electron chi connectivity index (χ1n) is 18.1. The molecule has 2 unspecified atom stereocenters. The number of hydrogen-bond donors (Lipinski definition) is 4. The van der Waals surface area contributed by atoms with E-state index in [0.29, 0.717) is 23.7 Å². The molecule has 10 atom stereocenters. The zero-order valence-electron chi connectivity index (χ0n) is 30.2. The summed E-state index contributed by atoms with van der Waals surface area (Å²) in [6.07, 6.45) is 11.2. The lowest BCUT2D eigenvalue weighted by molar-refractivity contribution is -0.0445. The van der Waals surface area contributed by atoms with Crippen molar-refractivity contribution in [3.05, 3.63) is 97.4 Å². The summed E-state index contributed by atoms with van der Waals surface area (Å²) in [5.74, 6) is 4.01. The van der Waals surface area contributed by atoms with Gasteiger partial charge in [0.15, 0.2) is 0 Å². The van der Waals surface area contributed by atoms with E-state index in [1.54, 1.807) is 26.6 Å². The minimum Gasteiger partial charge on any atom is -0.497 e. The van der Waals surface area contributed by atoms with Crippen LogP contribution < -0.4 is 9.47 Å². The van der Waals surface area contributed by atoms with Crippen LogP contribution in [0.2, 0.25) is 0 Å². The topological polar surface area (TPSA) is 166 Å². The van der Waals surface area contributed by atoms with Crippen molar-refractivity contribution in [2.24, 2.45) is 23.7 Å². The largest absolute Gasteiger partial charge is 0.497 e. The summed E-state index contributed by atoms with van der Waals surface area (Å²) in [6.45, 7) is 12.1. The van der Waals surface area contributed by atoms with Gasteiger partial charge < -0.3 is 19.7 Å². The highest BCUT2D eigenvalue weighted by molar-refractivity contribution is 7.79. The van der Waals surface area contributed by atoms with Crippen LogP contribution in [0.3, 0.4) is 0 Å². The Hall–Kier alpha value is -3.95. The molecule has 6 saturated heterocycles. The monoisotopic (exact) mass is 746 g/mol. The zero-order chi connectivity index (χ0) is 37.9. The lowest BCUT2D eigenvalue weighted by atomic mass is 9.73. The summed E-state index contributed by atoms with van der Waals surface area (Å²) in [6, 6.07) is 15.9. The Bertz CT molecular complexity index is 1890. The highest BCUT2D eigenvalue weighted by atomic mass is 32.3. The van der Waals surface area contributed by atoms with E-state index in [1.165, 1.54) is 12.8 Å². The molecule has 0 radical (unpaired) electrons. The van der Waals surface area contributed by atoms with Crippen LogP contribution in [0.25, 0.3) is 21.8 Å². The van der Waals surface area contributed by atoms with Crippen LogP contribution in [-0.4, -0.2) is 100.0 Å². The molecule has 13 heteroatoms. The summed E-state index contributed by atoms with van der Waals surface area (Å²) >= 11 is 0. The zero-order valence-corrected chi connectivity index (χ0v) is 31.1. The lowest BCUT2D eigenvalue weighted by Crippen LogP contribution is -2.54. The van der Waals surface area contributed by atoms with Crippen molar-refractivity contribution >= 4 is 32.2 Å². The number of hydrogen-bond acceptors (Lipinski definition) is 10. The van der Waals surface area contributed by atoms with E-state index in [1.807, 2.05) is 48.5 Å². The van der Waals surface area contributed by atoms with E-state index in [0.717, 1.165) is 83.5 Å². The number of aliphatic hydroxyl groups is 2.